The number of unbranched alkanes of at least 4 members (excludes halogenated alkanes) is 25. The van der Waals surface area contributed by atoms with Crippen LogP contribution in [0.5, 0.6) is 0 Å². The van der Waals surface area contributed by atoms with Crippen LogP contribution in [0.25, 0.3) is 0 Å². The lowest BCUT2D eigenvalue weighted by Gasteiger charge is -2.16. The summed E-state index contributed by atoms with van der Waals surface area (Å²) in [5.74, 6) is 2.78. The Morgan fingerprint density at radius 3 is 0.769 bits per heavy atom. The molecule has 0 saturated carbocycles. The van der Waals surface area contributed by atoms with Crippen molar-refractivity contribution in [1.82, 2.24) is 0 Å². The minimum absolute atomic E-state index is 0.896. The Morgan fingerprint density at radius 1 is 0.282 bits per heavy atom. The lowest BCUT2D eigenvalue weighted by Crippen LogP contribution is -2.03. The highest BCUT2D eigenvalue weighted by molar-refractivity contribution is 4.60. The molecule has 39 heavy (non-hydrogen) atoms. The van der Waals surface area contributed by atoms with Crippen molar-refractivity contribution in [2.75, 3.05) is 0 Å². The van der Waals surface area contributed by atoms with Gasteiger partial charge in [-0.25, -0.2) is 0 Å². The number of rotatable bonds is 33. The van der Waals surface area contributed by atoms with Crippen LogP contribution in [0.1, 0.15) is 234 Å². The molecule has 0 aromatic heterocycles. The van der Waals surface area contributed by atoms with Gasteiger partial charge < -0.3 is 0 Å². The van der Waals surface area contributed by atoms with Gasteiger partial charge in [0.2, 0.25) is 0 Å². The highest BCUT2D eigenvalue weighted by atomic mass is 14.1. The van der Waals surface area contributed by atoms with Gasteiger partial charge in [0.05, 0.1) is 0 Å². The smallest absolute Gasteiger partial charge is 0.0440 e. The van der Waals surface area contributed by atoms with Gasteiger partial charge in [0.25, 0.3) is 0 Å². The molecule has 0 aliphatic carbocycles. The first-order chi connectivity index (χ1) is 19.1. The Labute approximate surface area is 251 Å². The summed E-state index contributed by atoms with van der Waals surface area (Å²) in [7, 11) is 0. The summed E-state index contributed by atoms with van der Waals surface area (Å²) in [5.41, 5.74) is 0. The van der Waals surface area contributed by atoms with E-state index in [2.05, 4.69) is 34.6 Å². The Hall–Kier alpha value is 0. The predicted molar refractivity (Wildman–Crippen MR) is 182 cm³/mol. The molecule has 0 heteroatoms. The average Bonchev–Trinajstić information content (AvgIpc) is 2.90. The van der Waals surface area contributed by atoms with Crippen LogP contribution in [0, 0.1) is 17.8 Å². The largest absolute Gasteiger partial charge is 0.0654 e. The summed E-state index contributed by atoms with van der Waals surface area (Å²) in [4.78, 5) is 0. The first-order valence-corrected chi connectivity index (χ1v) is 19.1. The molecule has 0 heterocycles. The summed E-state index contributed by atoms with van der Waals surface area (Å²) in [5, 5.41) is 0. The van der Waals surface area contributed by atoms with Gasteiger partial charge in [0, 0.05) is 0 Å². The summed E-state index contributed by atoms with van der Waals surface area (Å²) in [6, 6.07) is 0. The van der Waals surface area contributed by atoms with Crippen LogP contribution >= 0.6 is 0 Å². The molecule has 0 radical (unpaired) electrons. The zero-order chi connectivity index (χ0) is 28.7. The van der Waals surface area contributed by atoms with Gasteiger partial charge in [-0.3, -0.25) is 0 Å². The van der Waals surface area contributed by atoms with Crippen molar-refractivity contribution < 1.29 is 0 Å². The lowest BCUT2D eigenvalue weighted by molar-refractivity contribution is 0.364. The van der Waals surface area contributed by atoms with Crippen molar-refractivity contribution in [2.45, 2.75) is 234 Å². The van der Waals surface area contributed by atoms with E-state index in [0.29, 0.717) is 0 Å². The van der Waals surface area contributed by atoms with E-state index in [9.17, 15) is 0 Å². The zero-order valence-corrected chi connectivity index (χ0v) is 28.7. The zero-order valence-electron chi connectivity index (χ0n) is 28.7. The molecule has 0 aromatic rings. The molecule has 0 fully saturated rings. The summed E-state index contributed by atoms with van der Waals surface area (Å²) in [6.45, 7) is 12.0. The standard InChI is InChI=1S/C39H80/c1-6-33-38(4)36-39(5)35-32-30-28-26-24-22-20-18-16-14-12-10-8-7-9-11-13-15-17-19-21-23-25-27-29-31-34-37(2)3/h37-39H,6-36H2,1-5H3. The third-order valence-corrected chi connectivity index (χ3v) is 9.31. The average molecular weight is 549 g/mol. The van der Waals surface area contributed by atoms with Crippen LogP contribution in [0.4, 0.5) is 0 Å². The maximum absolute atomic E-state index is 2.48. The molecular formula is C39H80. The maximum atomic E-state index is 2.48. The Morgan fingerprint density at radius 2 is 0.513 bits per heavy atom. The van der Waals surface area contributed by atoms with Gasteiger partial charge in [0.1, 0.15) is 0 Å². The van der Waals surface area contributed by atoms with Gasteiger partial charge in [-0.15, -0.1) is 0 Å². The summed E-state index contributed by atoms with van der Waals surface area (Å²) < 4.78 is 0. The van der Waals surface area contributed by atoms with Crippen molar-refractivity contribution in [1.29, 1.82) is 0 Å². The monoisotopic (exact) mass is 549 g/mol. The Bertz CT molecular complexity index is 424. The van der Waals surface area contributed by atoms with E-state index in [1.54, 1.807) is 0 Å². The molecule has 0 rings (SSSR count). The first kappa shape index (κ1) is 39.0. The molecule has 2 atom stereocenters. The third-order valence-electron chi connectivity index (χ3n) is 9.31. The maximum Gasteiger partial charge on any atom is -0.0440 e. The fraction of sp³-hybridized carbons (Fsp3) is 1.00. The molecule has 2 unspecified atom stereocenters. The van der Waals surface area contributed by atoms with E-state index < -0.39 is 0 Å². The van der Waals surface area contributed by atoms with Crippen LogP contribution in [-0.4, -0.2) is 0 Å². The second-order valence-corrected chi connectivity index (χ2v) is 14.4. The first-order valence-electron chi connectivity index (χ1n) is 19.1. The second kappa shape index (κ2) is 32.5. The van der Waals surface area contributed by atoms with Crippen molar-refractivity contribution >= 4 is 0 Å². The van der Waals surface area contributed by atoms with E-state index in [1.807, 2.05) is 0 Å². The molecule has 0 saturated heterocycles. The van der Waals surface area contributed by atoms with E-state index in [4.69, 9.17) is 0 Å². The van der Waals surface area contributed by atoms with Gasteiger partial charge in [0.15, 0.2) is 0 Å². The van der Waals surface area contributed by atoms with Crippen LogP contribution < -0.4 is 0 Å². The molecule has 0 aliphatic rings. The van der Waals surface area contributed by atoms with Gasteiger partial charge >= 0.3 is 0 Å². The van der Waals surface area contributed by atoms with E-state index in [-0.39, 0.29) is 0 Å². The topological polar surface area (TPSA) is 0 Å². The van der Waals surface area contributed by atoms with Crippen molar-refractivity contribution in [3.05, 3.63) is 0 Å². The number of hydrogen-bond donors (Lipinski definition) is 0. The molecule has 0 aromatic carbocycles. The summed E-state index contributed by atoms with van der Waals surface area (Å²) >= 11 is 0. The molecule has 0 spiro atoms. The number of hydrogen-bond acceptors (Lipinski definition) is 0. The second-order valence-electron chi connectivity index (χ2n) is 14.4. The van der Waals surface area contributed by atoms with Gasteiger partial charge in [-0.05, 0) is 24.2 Å². The van der Waals surface area contributed by atoms with Crippen molar-refractivity contribution in [2.24, 2.45) is 17.8 Å². The van der Waals surface area contributed by atoms with E-state index >= 15 is 0 Å². The normalized spacial score (nSPS) is 13.4. The Balaban J connectivity index is 3.10. The molecule has 0 N–H and O–H groups in total. The fourth-order valence-corrected chi connectivity index (χ4v) is 6.70. The quantitative estimate of drug-likeness (QED) is 0.0715. The Kier molecular flexibility index (Phi) is 32.5. The third kappa shape index (κ3) is 34.1. The molecular weight excluding hydrogens is 468 g/mol. The highest BCUT2D eigenvalue weighted by Gasteiger charge is 2.07. The minimum Gasteiger partial charge on any atom is -0.0654 e. The van der Waals surface area contributed by atoms with E-state index in [0.717, 1.165) is 17.8 Å². The van der Waals surface area contributed by atoms with Crippen LogP contribution in [0.2, 0.25) is 0 Å². The van der Waals surface area contributed by atoms with Crippen LogP contribution in [0.3, 0.4) is 0 Å². The summed E-state index contributed by atoms with van der Waals surface area (Å²) in [6.07, 6.45) is 45.8. The predicted octanol–water partition coefficient (Wildman–Crippen LogP) is 15.0. The molecule has 236 valence electrons. The SMILES string of the molecule is CCCC(C)CC(C)CCCCCCCCCCCCCCCCCCCCCCCCCCCCC(C)C. The minimum atomic E-state index is 0.896. The van der Waals surface area contributed by atoms with Crippen molar-refractivity contribution in [3.8, 4) is 0 Å². The molecule has 0 bridgehead atoms. The highest BCUT2D eigenvalue weighted by Crippen LogP contribution is 2.22. The van der Waals surface area contributed by atoms with Crippen LogP contribution in [-0.2, 0) is 0 Å². The van der Waals surface area contributed by atoms with Crippen LogP contribution in [0.15, 0.2) is 0 Å². The molecule has 0 nitrogen and oxygen atoms in total. The molecule has 0 amide bonds. The lowest BCUT2D eigenvalue weighted by atomic mass is 9.90. The van der Waals surface area contributed by atoms with Gasteiger partial charge in [-0.2, -0.15) is 0 Å². The fourth-order valence-electron chi connectivity index (χ4n) is 6.70. The van der Waals surface area contributed by atoms with Gasteiger partial charge in [-0.1, -0.05) is 227 Å². The van der Waals surface area contributed by atoms with Crippen molar-refractivity contribution in [3.63, 3.8) is 0 Å². The van der Waals surface area contributed by atoms with E-state index in [1.165, 1.54) is 199 Å². The molecule has 0 aliphatic heterocycles.